The lowest BCUT2D eigenvalue weighted by Crippen LogP contribution is -2.50. The molecule has 4 aromatic rings. The van der Waals surface area contributed by atoms with Gasteiger partial charge in [-0.05, 0) is 31.5 Å². The second kappa shape index (κ2) is 12.6. The van der Waals surface area contributed by atoms with Gasteiger partial charge >= 0.3 is 6.18 Å². The van der Waals surface area contributed by atoms with Crippen LogP contribution in [0, 0.1) is 6.92 Å². The smallest absolute Gasteiger partial charge is 0.416 e. The summed E-state index contributed by atoms with van der Waals surface area (Å²) in [4.78, 5) is 63.5. The van der Waals surface area contributed by atoms with Gasteiger partial charge in [-0.2, -0.15) is 13.2 Å². The number of anilines is 3. The molecular formula is C31H31ClF3N9O4. The van der Waals surface area contributed by atoms with E-state index >= 15 is 0 Å². The number of rotatable bonds is 6. The Balaban J connectivity index is 1.36. The number of aryl methyl sites for hydroxylation is 1. The molecule has 48 heavy (non-hydrogen) atoms. The first-order valence-corrected chi connectivity index (χ1v) is 15.5. The number of likely N-dealkylation sites (N-methyl/N-ethyl adjacent to an activating group) is 1. The summed E-state index contributed by atoms with van der Waals surface area (Å²) < 4.78 is 41.1. The summed E-state index contributed by atoms with van der Waals surface area (Å²) in [5.74, 6) is -0.787. The number of pyridine rings is 1. The van der Waals surface area contributed by atoms with Gasteiger partial charge in [0.05, 0.1) is 27.7 Å². The average Bonchev–Trinajstić information content (AvgIpc) is 3.42. The SMILES string of the molecule is CCc1c(N2CCN(C(=O)c3ncnc(C)c3O)CC2)c(=O)c2nc3c(nc2n1CC(=O)Nc1ccc(C(F)(F)F)cc1Cl)CCN3C. The molecule has 1 saturated heterocycles. The van der Waals surface area contributed by atoms with Gasteiger partial charge in [-0.3, -0.25) is 14.4 Å². The molecule has 2 N–H and O–H groups in total. The van der Waals surface area contributed by atoms with E-state index in [4.69, 9.17) is 21.6 Å². The number of nitrogens with one attached hydrogen (secondary N) is 1. The third-order valence-electron chi connectivity index (χ3n) is 8.56. The van der Waals surface area contributed by atoms with Crippen molar-refractivity contribution in [3.8, 4) is 5.75 Å². The largest absolute Gasteiger partial charge is 0.504 e. The molecule has 0 radical (unpaired) electrons. The van der Waals surface area contributed by atoms with Gasteiger partial charge in [0.15, 0.2) is 28.4 Å². The van der Waals surface area contributed by atoms with Crippen LogP contribution in [0.15, 0.2) is 29.3 Å². The van der Waals surface area contributed by atoms with E-state index < -0.39 is 23.6 Å². The first kappa shape index (κ1) is 32.9. The minimum atomic E-state index is -4.60. The second-order valence-corrected chi connectivity index (χ2v) is 12.0. The number of amides is 2. The van der Waals surface area contributed by atoms with E-state index in [0.717, 1.165) is 18.2 Å². The summed E-state index contributed by atoms with van der Waals surface area (Å²) >= 11 is 6.11. The number of aromatic nitrogens is 5. The predicted octanol–water partition coefficient (Wildman–Crippen LogP) is 3.42. The molecule has 0 aliphatic carbocycles. The van der Waals surface area contributed by atoms with Gasteiger partial charge in [0, 0.05) is 51.9 Å². The summed E-state index contributed by atoms with van der Waals surface area (Å²) in [5, 5.41) is 12.7. The number of benzene rings is 1. The monoisotopic (exact) mass is 685 g/mol. The first-order valence-electron chi connectivity index (χ1n) is 15.2. The Bertz CT molecular complexity index is 2010. The maximum absolute atomic E-state index is 14.2. The lowest BCUT2D eigenvalue weighted by Gasteiger charge is -2.37. The topological polar surface area (TPSA) is 150 Å². The second-order valence-electron chi connectivity index (χ2n) is 11.6. The molecule has 5 heterocycles. The normalized spacial score (nSPS) is 14.9. The third-order valence-corrected chi connectivity index (χ3v) is 8.87. The summed E-state index contributed by atoms with van der Waals surface area (Å²) in [7, 11) is 1.85. The van der Waals surface area contributed by atoms with Gasteiger partial charge < -0.3 is 29.7 Å². The predicted molar refractivity (Wildman–Crippen MR) is 172 cm³/mol. The van der Waals surface area contributed by atoms with Crippen molar-refractivity contribution < 1.29 is 27.9 Å². The lowest BCUT2D eigenvalue weighted by molar-refractivity contribution is -0.137. The van der Waals surface area contributed by atoms with E-state index in [2.05, 4.69) is 15.3 Å². The highest BCUT2D eigenvalue weighted by molar-refractivity contribution is 6.33. The van der Waals surface area contributed by atoms with Crippen molar-refractivity contribution in [3.05, 3.63) is 68.1 Å². The molecule has 252 valence electrons. The zero-order valence-corrected chi connectivity index (χ0v) is 27.0. The molecule has 2 aliphatic heterocycles. The molecule has 0 atom stereocenters. The Labute approximate surface area is 277 Å². The Morgan fingerprint density at radius 1 is 1.08 bits per heavy atom. The van der Waals surface area contributed by atoms with Crippen LogP contribution in [0.3, 0.4) is 0 Å². The Morgan fingerprint density at radius 3 is 2.48 bits per heavy atom. The van der Waals surface area contributed by atoms with Gasteiger partial charge in [0.1, 0.15) is 18.6 Å². The van der Waals surface area contributed by atoms with Crippen LogP contribution in [0.4, 0.5) is 30.4 Å². The molecule has 17 heteroatoms. The lowest BCUT2D eigenvalue weighted by atomic mass is 10.1. The Morgan fingerprint density at radius 2 is 1.81 bits per heavy atom. The maximum Gasteiger partial charge on any atom is 0.416 e. The van der Waals surface area contributed by atoms with Crippen LogP contribution in [-0.4, -0.2) is 86.1 Å². The Hall–Kier alpha value is -4.99. The zero-order chi connectivity index (χ0) is 34.5. The molecule has 13 nitrogen and oxygen atoms in total. The molecule has 2 amide bonds. The molecule has 2 aliphatic rings. The van der Waals surface area contributed by atoms with Gasteiger partial charge in [0.2, 0.25) is 11.3 Å². The van der Waals surface area contributed by atoms with Gasteiger partial charge in [0.25, 0.3) is 5.91 Å². The van der Waals surface area contributed by atoms with Crippen molar-refractivity contribution in [2.75, 3.05) is 54.9 Å². The van der Waals surface area contributed by atoms with Crippen LogP contribution >= 0.6 is 11.6 Å². The molecule has 6 rings (SSSR count). The van der Waals surface area contributed by atoms with Crippen molar-refractivity contribution in [2.24, 2.45) is 0 Å². The van der Waals surface area contributed by atoms with Crippen LogP contribution in [0.25, 0.3) is 11.2 Å². The van der Waals surface area contributed by atoms with E-state index in [0.29, 0.717) is 42.3 Å². The van der Waals surface area contributed by atoms with Crippen molar-refractivity contribution in [1.29, 1.82) is 0 Å². The van der Waals surface area contributed by atoms with Gasteiger partial charge in [-0.1, -0.05) is 18.5 Å². The van der Waals surface area contributed by atoms with E-state index in [9.17, 15) is 32.7 Å². The number of fused-ring (bicyclic) bond motifs is 2. The number of alkyl halides is 3. The van der Waals surface area contributed by atoms with Crippen LogP contribution in [0.5, 0.6) is 5.75 Å². The third kappa shape index (κ3) is 5.95. The minimum absolute atomic E-state index is 0.00223. The maximum atomic E-state index is 14.2. The quantitative estimate of drug-likeness (QED) is 0.309. The average molecular weight is 686 g/mol. The fourth-order valence-electron chi connectivity index (χ4n) is 6.03. The number of carbonyl (C=O) groups is 2. The number of carbonyl (C=O) groups excluding carboxylic acids is 2. The molecular weight excluding hydrogens is 655 g/mol. The number of nitrogens with zero attached hydrogens (tertiary/aromatic N) is 8. The van der Waals surface area contributed by atoms with Crippen LogP contribution in [0.1, 0.15) is 40.1 Å². The van der Waals surface area contributed by atoms with E-state index in [1.807, 2.05) is 23.8 Å². The molecule has 1 aromatic carbocycles. The molecule has 0 bridgehead atoms. The van der Waals surface area contributed by atoms with E-state index in [1.165, 1.54) is 11.2 Å². The van der Waals surface area contributed by atoms with E-state index in [1.54, 1.807) is 11.5 Å². The zero-order valence-electron chi connectivity index (χ0n) is 26.2. The standard InChI is InChI=1S/C31H31ClF3N9O4/c1-4-21-25(42-9-11-43(12-10-42)30(48)24-26(46)16(2)36-15-37-24)27(47)23-29(39-20-7-8-41(3)28(20)40-23)44(21)14-22(45)38-19-6-5-17(13-18(19)32)31(33,34)35/h5-6,13,15,46H,4,7-12,14H2,1-3H3,(H,38,45). The Kier molecular flexibility index (Phi) is 8.62. The van der Waals surface area contributed by atoms with Crippen LogP contribution < -0.4 is 20.5 Å². The molecule has 1 fully saturated rings. The van der Waals surface area contributed by atoms with E-state index in [-0.39, 0.29) is 77.2 Å². The summed E-state index contributed by atoms with van der Waals surface area (Å²) in [6.45, 7) is 4.67. The highest BCUT2D eigenvalue weighted by atomic mass is 35.5. The van der Waals surface area contributed by atoms with Gasteiger partial charge in [-0.25, -0.2) is 19.9 Å². The number of hydrogen-bond donors (Lipinski definition) is 2. The summed E-state index contributed by atoms with van der Waals surface area (Å²) in [6, 6.07) is 2.66. The van der Waals surface area contributed by atoms with Crippen LogP contribution in [-0.2, 0) is 30.4 Å². The number of hydrogen-bond acceptors (Lipinski definition) is 10. The number of halogens is 4. The van der Waals surface area contributed by atoms with Crippen LogP contribution in [0.2, 0.25) is 5.02 Å². The molecule has 0 unspecified atom stereocenters. The van der Waals surface area contributed by atoms with Gasteiger partial charge in [-0.15, -0.1) is 0 Å². The van der Waals surface area contributed by atoms with Crippen molar-refractivity contribution in [3.63, 3.8) is 0 Å². The highest BCUT2D eigenvalue weighted by Crippen LogP contribution is 2.34. The summed E-state index contributed by atoms with van der Waals surface area (Å²) in [5.41, 5.74) is 0.621. The minimum Gasteiger partial charge on any atom is -0.504 e. The van der Waals surface area contributed by atoms with Crippen molar-refractivity contribution >= 4 is 51.8 Å². The number of piperazine rings is 1. The molecule has 3 aromatic heterocycles. The van der Waals surface area contributed by atoms with Crippen molar-refractivity contribution in [2.45, 2.75) is 39.4 Å². The first-order chi connectivity index (χ1) is 22.8. The summed E-state index contributed by atoms with van der Waals surface area (Å²) in [6.07, 6.45) is -2.48. The number of aromatic hydroxyl groups is 1. The fourth-order valence-corrected chi connectivity index (χ4v) is 6.26. The highest BCUT2D eigenvalue weighted by Gasteiger charge is 2.33. The molecule has 0 spiro atoms. The van der Waals surface area contributed by atoms with Crippen molar-refractivity contribution in [1.82, 2.24) is 29.4 Å². The fraction of sp³-hybridized carbons (Fsp3) is 0.387. The molecule has 0 saturated carbocycles.